The van der Waals surface area contributed by atoms with Crippen LogP contribution in [0.5, 0.6) is 0 Å². The molecule has 0 N–H and O–H groups in total. The number of hydrogen-bond acceptors (Lipinski definition) is 0. The van der Waals surface area contributed by atoms with Crippen molar-refractivity contribution in [1.29, 1.82) is 0 Å². The molecule has 6 rings (SSSR count). The molecule has 0 saturated carbocycles. The van der Waals surface area contributed by atoms with Gasteiger partial charge >= 0.3 is 0 Å². The lowest BCUT2D eigenvalue weighted by Gasteiger charge is -2.33. The van der Waals surface area contributed by atoms with Crippen LogP contribution in [-0.2, 0) is 38.5 Å². The van der Waals surface area contributed by atoms with Gasteiger partial charge in [-0.25, -0.2) is 0 Å². The van der Waals surface area contributed by atoms with Crippen LogP contribution in [0.4, 0.5) is 0 Å². The minimum absolute atomic E-state index is 1.01. The highest BCUT2D eigenvalue weighted by atomic mass is 127. The second-order valence-corrected chi connectivity index (χ2v) is 13.2. The van der Waals surface area contributed by atoms with Crippen molar-refractivity contribution in [2.75, 3.05) is 0 Å². The fourth-order valence-electron chi connectivity index (χ4n) is 7.43. The van der Waals surface area contributed by atoms with Gasteiger partial charge in [0.15, 0.2) is 0 Å². The lowest BCUT2D eigenvalue weighted by molar-refractivity contribution is 0.871. The second-order valence-electron chi connectivity index (χ2n) is 10.9. The van der Waals surface area contributed by atoms with Crippen molar-refractivity contribution < 1.29 is 0 Å². The molecular weight excluding hydrogens is 710 g/mol. The summed E-state index contributed by atoms with van der Waals surface area (Å²) in [5, 5.41) is 2.76. The van der Waals surface area contributed by atoms with Crippen molar-refractivity contribution in [3.8, 4) is 22.3 Å². The highest BCUT2D eigenvalue weighted by Crippen LogP contribution is 2.48. The van der Waals surface area contributed by atoms with Crippen molar-refractivity contribution in [2.45, 2.75) is 66.2 Å². The smallest absolute Gasteiger partial charge is 0.0270 e. The third-order valence-corrected chi connectivity index (χ3v) is 11.8. The fraction of sp³-hybridized carbons (Fsp3) is 0.263. The van der Waals surface area contributed by atoms with Crippen LogP contribution in [-0.4, -0.2) is 0 Å². The lowest BCUT2D eigenvalue weighted by Crippen LogP contribution is -2.19. The zero-order valence-corrected chi connectivity index (χ0v) is 28.2. The zero-order valence-electron chi connectivity index (χ0n) is 23.9. The first-order valence-corrected chi connectivity index (χ1v) is 16.9. The topological polar surface area (TPSA) is 0 Å². The molecule has 0 fully saturated rings. The van der Waals surface area contributed by atoms with Crippen molar-refractivity contribution in [3.05, 3.63) is 124 Å². The predicted octanol–water partition coefficient (Wildman–Crippen LogP) is 11.1. The summed E-state index contributed by atoms with van der Waals surface area (Å²) in [6, 6.07) is 27.2. The van der Waals surface area contributed by atoms with Crippen molar-refractivity contribution in [2.24, 2.45) is 0 Å². The number of fused-ring (bicyclic) bond motifs is 3. The van der Waals surface area contributed by atoms with Gasteiger partial charge in [0.2, 0.25) is 0 Å². The molecule has 0 saturated heterocycles. The number of rotatable bonds is 6. The van der Waals surface area contributed by atoms with Crippen LogP contribution in [0.15, 0.2) is 72.8 Å². The van der Waals surface area contributed by atoms with Gasteiger partial charge in [-0.2, -0.15) is 0 Å². The minimum atomic E-state index is 1.01. The maximum Gasteiger partial charge on any atom is 0.0270 e. The Bertz CT molecular complexity index is 1600. The van der Waals surface area contributed by atoms with E-state index in [-0.39, 0.29) is 0 Å². The van der Waals surface area contributed by atoms with Gasteiger partial charge in [-0.05, 0) is 173 Å². The van der Waals surface area contributed by atoms with Gasteiger partial charge in [0.05, 0.1) is 0 Å². The van der Waals surface area contributed by atoms with Gasteiger partial charge in [-0.15, -0.1) is 0 Å². The Balaban J connectivity index is 1.80. The maximum atomic E-state index is 2.52. The molecule has 0 bridgehead atoms. The molecule has 5 aromatic carbocycles. The van der Waals surface area contributed by atoms with Crippen LogP contribution in [0, 0.1) is 7.14 Å². The quantitative estimate of drug-likeness (QED) is 0.149. The van der Waals surface area contributed by atoms with E-state index in [1.165, 1.54) is 51.3 Å². The van der Waals surface area contributed by atoms with Crippen LogP contribution in [0.25, 0.3) is 33.0 Å². The molecule has 1 aliphatic rings. The van der Waals surface area contributed by atoms with E-state index in [2.05, 4.69) is 146 Å². The first-order valence-electron chi connectivity index (χ1n) is 14.8. The number of hydrogen-bond donors (Lipinski definition) is 0. The Hall–Kier alpha value is -2.18. The average Bonchev–Trinajstić information content (AvgIpc) is 2.99. The summed E-state index contributed by atoms with van der Waals surface area (Å²) in [6.07, 6.45) is 6.48. The molecule has 0 nitrogen and oxygen atoms in total. The van der Waals surface area contributed by atoms with E-state index in [1.54, 1.807) is 33.4 Å². The SMILES string of the molecule is CCc1c(CC)c(CC)c2c(c1CC)Cc1c(c(-c3ccccc3)c3cc(I)c(I)cc3c1-c1ccccc1)C2. The normalized spacial score (nSPS) is 12.4. The Morgan fingerprint density at radius 3 is 1.15 bits per heavy atom. The summed E-state index contributed by atoms with van der Waals surface area (Å²) in [7, 11) is 0. The van der Waals surface area contributed by atoms with E-state index < -0.39 is 0 Å². The molecule has 5 aromatic rings. The lowest BCUT2D eigenvalue weighted by atomic mass is 9.71. The van der Waals surface area contributed by atoms with Gasteiger partial charge in [-0.1, -0.05) is 88.4 Å². The summed E-state index contributed by atoms with van der Waals surface area (Å²) in [5.74, 6) is 0. The molecule has 0 heterocycles. The van der Waals surface area contributed by atoms with Gasteiger partial charge in [0.25, 0.3) is 0 Å². The zero-order chi connectivity index (χ0) is 28.0. The maximum absolute atomic E-state index is 2.52. The summed E-state index contributed by atoms with van der Waals surface area (Å²) < 4.78 is 2.64. The van der Waals surface area contributed by atoms with Gasteiger partial charge in [0.1, 0.15) is 0 Å². The van der Waals surface area contributed by atoms with E-state index in [4.69, 9.17) is 0 Å². The first kappa shape index (κ1) is 28.0. The van der Waals surface area contributed by atoms with Crippen LogP contribution >= 0.6 is 45.2 Å². The molecule has 0 atom stereocenters. The number of halogens is 2. The van der Waals surface area contributed by atoms with Crippen molar-refractivity contribution >= 4 is 56.0 Å². The van der Waals surface area contributed by atoms with Crippen molar-refractivity contribution in [3.63, 3.8) is 0 Å². The summed E-state index contributed by atoms with van der Waals surface area (Å²) >= 11 is 5.04. The molecule has 0 spiro atoms. The molecule has 0 aliphatic heterocycles. The summed E-state index contributed by atoms with van der Waals surface area (Å²) in [5.41, 5.74) is 18.3. The molecular formula is C38H36I2. The van der Waals surface area contributed by atoms with E-state index in [1.807, 2.05) is 0 Å². The average molecular weight is 747 g/mol. The Kier molecular flexibility index (Phi) is 8.11. The standard InChI is InChI=1S/C38H36I2/c1-5-25-26(6-2)28(8-4)30-20-32-31(19-29(30)27(25)7-3)37(23-15-11-9-12-16-23)33-21-35(39)36(40)22-34(33)38(32)24-17-13-10-14-18-24/h9-18,21-22H,5-8,19-20H2,1-4H3. The van der Waals surface area contributed by atoms with E-state index in [0.29, 0.717) is 0 Å². The highest BCUT2D eigenvalue weighted by molar-refractivity contribution is 14.1. The third-order valence-electron chi connectivity index (χ3n) is 9.00. The molecule has 0 radical (unpaired) electrons. The molecule has 0 aromatic heterocycles. The van der Waals surface area contributed by atoms with E-state index in [0.717, 1.165) is 38.5 Å². The molecule has 0 amide bonds. The molecule has 1 aliphatic carbocycles. The number of benzene rings is 5. The summed E-state index contributed by atoms with van der Waals surface area (Å²) in [4.78, 5) is 0. The monoisotopic (exact) mass is 746 g/mol. The minimum Gasteiger partial charge on any atom is -0.0622 e. The van der Waals surface area contributed by atoms with E-state index >= 15 is 0 Å². The third kappa shape index (κ3) is 4.54. The Morgan fingerprint density at radius 2 is 0.825 bits per heavy atom. The van der Waals surface area contributed by atoms with Crippen molar-refractivity contribution in [1.82, 2.24) is 0 Å². The van der Waals surface area contributed by atoms with Crippen LogP contribution in [0.1, 0.15) is 72.2 Å². The first-order chi connectivity index (χ1) is 19.5. The highest BCUT2D eigenvalue weighted by Gasteiger charge is 2.30. The summed E-state index contributed by atoms with van der Waals surface area (Å²) in [6.45, 7) is 9.45. The fourth-order valence-corrected chi connectivity index (χ4v) is 8.36. The van der Waals surface area contributed by atoms with Crippen LogP contribution in [0.2, 0.25) is 0 Å². The molecule has 2 heteroatoms. The van der Waals surface area contributed by atoms with E-state index in [9.17, 15) is 0 Å². The van der Waals surface area contributed by atoms with Crippen LogP contribution in [0.3, 0.4) is 0 Å². The molecule has 40 heavy (non-hydrogen) atoms. The molecule has 202 valence electrons. The van der Waals surface area contributed by atoms with Gasteiger partial charge in [-0.3, -0.25) is 0 Å². The Morgan fingerprint density at radius 1 is 0.475 bits per heavy atom. The second kappa shape index (κ2) is 11.6. The van der Waals surface area contributed by atoms with Gasteiger partial charge < -0.3 is 0 Å². The Labute approximate surface area is 266 Å². The van der Waals surface area contributed by atoms with Gasteiger partial charge in [0, 0.05) is 7.14 Å². The molecule has 0 unspecified atom stereocenters. The largest absolute Gasteiger partial charge is 0.0622 e. The van der Waals surface area contributed by atoms with Crippen LogP contribution < -0.4 is 0 Å². The predicted molar refractivity (Wildman–Crippen MR) is 190 cm³/mol.